The summed E-state index contributed by atoms with van der Waals surface area (Å²) in [6.07, 6.45) is 22.3. The zero-order valence-electron chi connectivity index (χ0n) is 29.7. The summed E-state index contributed by atoms with van der Waals surface area (Å²) in [6.45, 7) is 34.5. The monoisotopic (exact) mass is 527 g/mol. The van der Waals surface area contributed by atoms with Gasteiger partial charge in [-0.3, -0.25) is 0 Å². The number of hydrogen-bond acceptors (Lipinski definition) is 0. The average molecular weight is 527 g/mol. The van der Waals surface area contributed by atoms with Gasteiger partial charge in [0.15, 0.2) is 0 Å². The molecule has 0 aromatic carbocycles. The molecule has 0 heterocycles. The Morgan fingerprint density at radius 3 is 1.16 bits per heavy atom. The lowest BCUT2D eigenvalue weighted by molar-refractivity contribution is 0.302. The van der Waals surface area contributed by atoms with E-state index in [1.54, 1.807) is 0 Å². The molecule has 0 aromatic rings. The van der Waals surface area contributed by atoms with Crippen molar-refractivity contribution in [1.29, 1.82) is 0 Å². The van der Waals surface area contributed by atoms with Gasteiger partial charge in [0.2, 0.25) is 0 Å². The van der Waals surface area contributed by atoms with Crippen LogP contribution in [0.15, 0.2) is 0 Å². The summed E-state index contributed by atoms with van der Waals surface area (Å²) in [5.41, 5.74) is 0.523. The van der Waals surface area contributed by atoms with Crippen LogP contribution in [0.4, 0.5) is 0 Å². The second-order valence-corrected chi connectivity index (χ2v) is 14.2. The molecule has 0 aliphatic heterocycles. The van der Waals surface area contributed by atoms with Crippen LogP contribution in [0.3, 0.4) is 0 Å². The van der Waals surface area contributed by atoms with Crippen LogP contribution in [0.25, 0.3) is 0 Å². The first-order chi connectivity index (χ1) is 17.2. The Bertz CT molecular complexity index is 374. The van der Waals surface area contributed by atoms with E-state index in [1.807, 2.05) is 0 Å². The molecule has 0 N–H and O–H groups in total. The van der Waals surface area contributed by atoms with Gasteiger partial charge in [0.05, 0.1) is 0 Å². The van der Waals surface area contributed by atoms with Gasteiger partial charge in [-0.05, 0) is 41.4 Å². The van der Waals surface area contributed by atoms with E-state index >= 15 is 0 Å². The topological polar surface area (TPSA) is 0 Å². The van der Waals surface area contributed by atoms with E-state index < -0.39 is 0 Å². The van der Waals surface area contributed by atoms with Gasteiger partial charge >= 0.3 is 0 Å². The third-order valence-corrected chi connectivity index (χ3v) is 7.66. The minimum absolute atomic E-state index is 0.523. The van der Waals surface area contributed by atoms with E-state index in [1.165, 1.54) is 103 Å². The van der Waals surface area contributed by atoms with Crippen molar-refractivity contribution in [2.24, 2.45) is 35.0 Å². The third kappa shape index (κ3) is 49.5. The summed E-state index contributed by atoms with van der Waals surface area (Å²) in [7, 11) is 0. The summed E-state index contributed by atoms with van der Waals surface area (Å²) < 4.78 is 0. The van der Waals surface area contributed by atoms with Crippen molar-refractivity contribution in [2.45, 2.75) is 207 Å². The van der Waals surface area contributed by atoms with E-state index in [0.29, 0.717) is 5.41 Å². The molecule has 0 nitrogen and oxygen atoms in total. The highest BCUT2D eigenvalue weighted by Gasteiger charge is 2.13. The van der Waals surface area contributed by atoms with E-state index in [0.717, 1.165) is 29.6 Å². The summed E-state index contributed by atoms with van der Waals surface area (Å²) in [6, 6.07) is 0. The molecule has 0 radical (unpaired) electrons. The van der Waals surface area contributed by atoms with Crippen LogP contribution in [0, 0.1) is 35.0 Å². The first-order valence-electron chi connectivity index (χ1n) is 17.2. The minimum atomic E-state index is 0.523. The van der Waals surface area contributed by atoms with Crippen LogP contribution in [-0.4, -0.2) is 0 Å². The molecule has 0 heteroatoms. The number of hydrogen-bond donors (Lipinski definition) is 0. The summed E-state index contributed by atoms with van der Waals surface area (Å²) in [4.78, 5) is 0. The van der Waals surface area contributed by atoms with Gasteiger partial charge in [-0.1, -0.05) is 200 Å². The zero-order chi connectivity index (χ0) is 29.7. The molecule has 0 spiro atoms. The fourth-order valence-corrected chi connectivity index (χ4v) is 4.41. The molecule has 230 valence electrons. The van der Waals surface area contributed by atoms with Crippen LogP contribution in [-0.2, 0) is 0 Å². The highest BCUT2D eigenvalue weighted by Crippen LogP contribution is 2.25. The lowest BCUT2D eigenvalue weighted by Gasteiger charge is -2.21. The molecule has 0 rings (SSSR count). The molecule has 0 aliphatic carbocycles. The van der Waals surface area contributed by atoms with Crippen molar-refractivity contribution >= 4 is 0 Å². The van der Waals surface area contributed by atoms with Crippen LogP contribution >= 0.6 is 0 Å². The maximum Gasteiger partial charge on any atom is -0.0380 e. The lowest BCUT2D eigenvalue weighted by Crippen LogP contribution is -2.09. The maximum absolute atomic E-state index is 2.37. The van der Waals surface area contributed by atoms with Crippen molar-refractivity contribution < 1.29 is 0 Å². The first-order valence-corrected chi connectivity index (χ1v) is 17.2. The van der Waals surface area contributed by atoms with E-state index in [-0.39, 0.29) is 0 Å². The first kappa shape index (κ1) is 44.0. The molecule has 4 unspecified atom stereocenters. The molecule has 37 heavy (non-hydrogen) atoms. The molecule has 0 saturated heterocycles. The van der Waals surface area contributed by atoms with Gasteiger partial charge < -0.3 is 0 Å². The van der Waals surface area contributed by atoms with Crippen LogP contribution in [0.5, 0.6) is 0 Å². The Morgan fingerprint density at radius 2 is 0.838 bits per heavy atom. The zero-order valence-corrected chi connectivity index (χ0v) is 29.7. The SMILES string of the molecule is CCC(C)CC(C)(C)C.CCC(C)CCCC(C)C.CCCCC(C)CC.CCCCCC(C)CCC. The Labute approximate surface area is 241 Å². The molecule has 0 aromatic heterocycles. The van der Waals surface area contributed by atoms with Crippen molar-refractivity contribution in [3.63, 3.8) is 0 Å². The largest absolute Gasteiger partial charge is 0.0654 e. The Hall–Kier alpha value is 0. The molecule has 0 aliphatic rings. The van der Waals surface area contributed by atoms with Gasteiger partial charge in [-0.2, -0.15) is 0 Å². The number of unbranched alkanes of at least 4 members (excludes halogenated alkanes) is 3. The molecule has 0 fully saturated rings. The molecular weight excluding hydrogens is 444 g/mol. The van der Waals surface area contributed by atoms with E-state index in [4.69, 9.17) is 0 Å². The second-order valence-electron chi connectivity index (χ2n) is 14.2. The predicted octanol–water partition coefficient (Wildman–Crippen LogP) is 14.6. The number of rotatable bonds is 17. The molecule has 0 amide bonds. The van der Waals surface area contributed by atoms with E-state index in [2.05, 4.69) is 104 Å². The normalized spacial score (nSPS) is 14.3. The molecular formula is C37H82. The Kier molecular flexibility index (Phi) is 38.3. The Balaban J connectivity index is -0.000000197. The smallest absolute Gasteiger partial charge is 0.0380 e. The molecule has 0 bridgehead atoms. The van der Waals surface area contributed by atoms with Gasteiger partial charge in [0, 0.05) is 0 Å². The van der Waals surface area contributed by atoms with Crippen LogP contribution in [0.1, 0.15) is 207 Å². The van der Waals surface area contributed by atoms with Gasteiger partial charge in [0.25, 0.3) is 0 Å². The third-order valence-electron chi connectivity index (χ3n) is 7.66. The minimum Gasteiger partial charge on any atom is -0.0654 e. The van der Waals surface area contributed by atoms with Crippen LogP contribution < -0.4 is 0 Å². The summed E-state index contributed by atoms with van der Waals surface area (Å²) in [5.74, 6) is 4.65. The van der Waals surface area contributed by atoms with Crippen molar-refractivity contribution in [3.05, 3.63) is 0 Å². The Morgan fingerprint density at radius 1 is 0.405 bits per heavy atom. The van der Waals surface area contributed by atoms with Crippen molar-refractivity contribution in [2.75, 3.05) is 0 Å². The summed E-state index contributed by atoms with van der Waals surface area (Å²) >= 11 is 0. The standard InChI is InChI=1S/2C10H22.C9H20.C8H18/c1-5-10(4)8-6-7-9(2)3;1-4-6-7-9-10(3)8-5-2;1-6-8(2)7-9(3,4)5;1-4-6-7-8(3)5-2/h9-10H,5-8H2,1-4H3;10H,4-9H2,1-3H3;8H,6-7H2,1-5H3;8H,4-7H2,1-3H3. The van der Waals surface area contributed by atoms with Crippen LogP contribution in [0.2, 0.25) is 0 Å². The van der Waals surface area contributed by atoms with Crippen molar-refractivity contribution in [1.82, 2.24) is 0 Å². The fraction of sp³-hybridized carbons (Fsp3) is 1.00. The highest BCUT2D eigenvalue weighted by molar-refractivity contribution is 4.64. The lowest BCUT2D eigenvalue weighted by atomic mass is 9.84. The highest BCUT2D eigenvalue weighted by atomic mass is 14.2. The fourth-order valence-electron chi connectivity index (χ4n) is 4.41. The van der Waals surface area contributed by atoms with Gasteiger partial charge in [-0.25, -0.2) is 0 Å². The molecule has 4 atom stereocenters. The quantitative estimate of drug-likeness (QED) is 0.165. The second kappa shape index (κ2) is 32.2. The summed E-state index contributed by atoms with van der Waals surface area (Å²) in [5, 5.41) is 0. The van der Waals surface area contributed by atoms with Gasteiger partial charge in [-0.15, -0.1) is 0 Å². The van der Waals surface area contributed by atoms with E-state index in [9.17, 15) is 0 Å². The van der Waals surface area contributed by atoms with Gasteiger partial charge in [0.1, 0.15) is 0 Å². The van der Waals surface area contributed by atoms with Crippen molar-refractivity contribution in [3.8, 4) is 0 Å². The predicted molar refractivity (Wildman–Crippen MR) is 179 cm³/mol. The molecule has 0 saturated carbocycles. The average Bonchev–Trinajstić information content (AvgIpc) is 2.82. The maximum atomic E-state index is 2.37.